The minimum atomic E-state index is -0.869. The van der Waals surface area contributed by atoms with Crippen LogP contribution in [0.2, 0.25) is 0 Å². The fourth-order valence-electron chi connectivity index (χ4n) is 6.10. The van der Waals surface area contributed by atoms with Gasteiger partial charge in [0.2, 0.25) is 0 Å². The van der Waals surface area contributed by atoms with E-state index in [0.29, 0.717) is 13.0 Å². The van der Waals surface area contributed by atoms with E-state index in [4.69, 9.17) is 18.9 Å². The van der Waals surface area contributed by atoms with E-state index in [1.54, 1.807) is 6.92 Å². The van der Waals surface area contributed by atoms with Crippen LogP contribution in [0.15, 0.2) is 60.7 Å². The van der Waals surface area contributed by atoms with Crippen LogP contribution in [0.3, 0.4) is 0 Å². The summed E-state index contributed by atoms with van der Waals surface area (Å²) in [6.45, 7) is 6.55. The van der Waals surface area contributed by atoms with Crippen LogP contribution >= 0.6 is 0 Å². The van der Waals surface area contributed by atoms with Crippen molar-refractivity contribution in [3.8, 4) is 17.2 Å². The van der Waals surface area contributed by atoms with Gasteiger partial charge in [0, 0.05) is 6.07 Å². The molecule has 0 aromatic heterocycles. The molecule has 0 fully saturated rings. The average Bonchev–Trinajstić information content (AvgIpc) is 3.15. The van der Waals surface area contributed by atoms with Gasteiger partial charge in [-0.3, -0.25) is 0 Å². The lowest BCUT2D eigenvalue weighted by molar-refractivity contribution is 0.0314. The molecular formula is C45H60F2O7. The normalized spacial score (nSPS) is 11.6. The number of esters is 3. The molecule has 3 rings (SSSR count). The molecule has 1 unspecified atom stereocenters. The smallest absolute Gasteiger partial charge is 0.343 e. The third-order valence-electron chi connectivity index (χ3n) is 9.37. The van der Waals surface area contributed by atoms with Gasteiger partial charge in [-0.05, 0) is 80.8 Å². The lowest BCUT2D eigenvalue weighted by Gasteiger charge is -2.14. The number of hydrogen-bond donors (Lipinski definition) is 0. The van der Waals surface area contributed by atoms with Crippen LogP contribution in [-0.4, -0.2) is 30.6 Å². The van der Waals surface area contributed by atoms with E-state index < -0.39 is 29.5 Å². The van der Waals surface area contributed by atoms with Crippen LogP contribution in [0.5, 0.6) is 17.2 Å². The summed E-state index contributed by atoms with van der Waals surface area (Å²) in [5.74, 6) is -3.73. The topological polar surface area (TPSA) is 88.1 Å². The Morgan fingerprint density at radius 1 is 0.537 bits per heavy atom. The first-order chi connectivity index (χ1) is 26.2. The van der Waals surface area contributed by atoms with Gasteiger partial charge in [0.05, 0.1) is 29.4 Å². The van der Waals surface area contributed by atoms with Gasteiger partial charge in [0.15, 0.2) is 11.6 Å². The summed E-state index contributed by atoms with van der Waals surface area (Å²) in [5, 5.41) is 0. The maximum absolute atomic E-state index is 14.7. The van der Waals surface area contributed by atoms with Crippen LogP contribution < -0.4 is 14.2 Å². The highest BCUT2D eigenvalue weighted by molar-refractivity contribution is 5.93. The van der Waals surface area contributed by atoms with Crippen molar-refractivity contribution in [2.75, 3.05) is 6.61 Å². The molecule has 0 saturated carbocycles. The maximum atomic E-state index is 14.7. The van der Waals surface area contributed by atoms with Gasteiger partial charge in [0.1, 0.15) is 17.3 Å². The Labute approximate surface area is 321 Å². The number of hydrogen-bond acceptors (Lipinski definition) is 7. The van der Waals surface area contributed by atoms with Gasteiger partial charge in [-0.2, -0.15) is 0 Å². The summed E-state index contributed by atoms with van der Waals surface area (Å²) < 4.78 is 51.1. The SMILES string of the molecule is CCCCCCCCCCCCCCCCOc1ccc(C(=O)Oc2ccc(C(=O)Oc3ccc(C(=O)OC(C)CCCCCC)c(F)c3)cc2)cc1F. The second kappa shape index (κ2) is 25.7. The molecule has 0 aliphatic rings. The largest absolute Gasteiger partial charge is 0.491 e. The zero-order chi connectivity index (χ0) is 39.0. The highest BCUT2D eigenvalue weighted by Gasteiger charge is 2.19. The van der Waals surface area contributed by atoms with Crippen LogP contribution in [0, 0.1) is 11.6 Å². The molecule has 3 aromatic rings. The average molecular weight is 751 g/mol. The number of carbonyl (C=O) groups is 3. The lowest BCUT2D eigenvalue weighted by Crippen LogP contribution is -2.16. The number of unbranched alkanes of at least 4 members (excludes halogenated alkanes) is 16. The van der Waals surface area contributed by atoms with Crippen molar-refractivity contribution in [1.82, 2.24) is 0 Å². The first kappa shape index (κ1) is 44.1. The van der Waals surface area contributed by atoms with Crippen molar-refractivity contribution in [2.24, 2.45) is 0 Å². The molecule has 3 aromatic carbocycles. The zero-order valence-corrected chi connectivity index (χ0v) is 32.6. The molecule has 0 spiro atoms. The molecule has 7 nitrogen and oxygen atoms in total. The third kappa shape index (κ3) is 16.8. The molecule has 9 heteroatoms. The lowest BCUT2D eigenvalue weighted by atomic mass is 10.0. The molecule has 0 N–H and O–H groups in total. The Kier molecular flexibility index (Phi) is 21.0. The van der Waals surface area contributed by atoms with Crippen molar-refractivity contribution in [3.05, 3.63) is 89.0 Å². The number of carbonyl (C=O) groups excluding carboxylic acids is 3. The summed E-state index contributed by atoms with van der Waals surface area (Å²) >= 11 is 0. The first-order valence-electron chi connectivity index (χ1n) is 20.2. The number of benzene rings is 3. The van der Waals surface area contributed by atoms with E-state index >= 15 is 0 Å². The molecule has 0 radical (unpaired) electrons. The second-order valence-electron chi connectivity index (χ2n) is 14.1. The van der Waals surface area contributed by atoms with E-state index in [9.17, 15) is 23.2 Å². The quantitative estimate of drug-likeness (QED) is 0.0435. The number of halogens is 2. The van der Waals surface area contributed by atoms with Crippen LogP contribution in [0.1, 0.15) is 174 Å². The molecule has 0 heterocycles. The molecule has 296 valence electrons. The Morgan fingerprint density at radius 2 is 1.04 bits per heavy atom. The predicted octanol–water partition coefficient (Wildman–Crippen LogP) is 12.8. The third-order valence-corrected chi connectivity index (χ3v) is 9.37. The summed E-state index contributed by atoms with van der Waals surface area (Å²) in [5.41, 5.74) is -0.124. The molecule has 0 aliphatic carbocycles. The molecule has 54 heavy (non-hydrogen) atoms. The molecular weight excluding hydrogens is 690 g/mol. The van der Waals surface area contributed by atoms with E-state index in [-0.39, 0.29) is 40.0 Å². The number of rotatable bonds is 27. The Hall–Kier alpha value is -4.27. The van der Waals surface area contributed by atoms with E-state index in [2.05, 4.69) is 13.8 Å². The number of ether oxygens (including phenoxy) is 4. The Balaban J connectivity index is 1.35. The van der Waals surface area contributed by atoms with Crippen LogP contribution in [0.25, 0.3) is 0 Å². The second-order valence-corrected chi connectivity index (χ2v) is 14.1. The molecule has 0 bridgehead atoms. The minimum Gasteiger partial charge on any atom is -0.491 e. The van der Waals surface area contributed by atoms with E-state index in [0.717, 1.165) is 57.1 Å². The summed E-state index contributed by atoms with van der Waals surface area (Å²) in [4.78, 5) is 37.8. The Bertz CT molecular complexity index is 1560. The van der Waals surface area contributed by atoms with Crippen LogP contribution in [-0.2, 0) is 4.74 Å². The van der Waals surface area contributed by atoms with Crippen LogP contribution in [0.4, 0.5) is 8.78 Å². The van der Waals surface area contributed by atoms with Crippen molar-refractivity contribution in [3.63, 3.8) is 0 Å². The molecule has 1 atom stereocenters. The molecule has 0 amide bonds. The monoisotopic (exact) mass is 750 g/mol. The maximum Gasteiger partial charge on any atom is 0.343 e. The van der Waals surface area contributed by atoms with Gasteiger partial charge in [-0.1, -0.05) is 117 Å². The van der Waals surface area contributed by atoms with E-state index in [1.165, 1.54) is 119 Å². The van der Waals surface area contributed by atoms with Crippen molar-refractivity contribution >= 4 is 17.9 Å². The minimum absolute atomic E-state index is 0.00983. The summed E-state index contributed by atoms with van der Waals surface area (Å²) in [6.07, 6.45) is 22.1. The van der Waals surface area contributed by atoms with Gasteiger partial charge < -0.3 is 18.9 Å². The van der Waals surface area contributed by atoms with Gasteiger partial charge in [-0.15, -0.1) is 0 Å². The summed E-state index contributed by atoms with van der Waals surface area (Å²) in [6, 6.07) is 13.0. The van der Waals surface area contributed by atoms with Crippen molar-refractivity contribution < 1.29 is 42.1 Å². The van der Waals surface area contributed by atoms with Gasteiger partial charge in [0.25, 0.3) is 0 Å². The fraction of sp³-hybridized carbons (Fsp3) is 0.533. The predicted molar refractivity (Wildman–Crippen MR) is 209 cm³/mol. The van der Waals surface area contributed by atoms with Gasteiger partial charge >= 0.3 is 17.9 Å². The molecule has 0 aliphatic heterocycles. The highest BCUT2D eigenvalue weighted by atomic mass is 19.1. The van der Waals surface area contributed by atoms with E-state index in [1.807, 2.05) is 0 Å². The zero-order valence-electron chi connectivity index (χ0n) is 32.6. The highest BCUT2D eigenvalue weighted by Crippen LogP contribution is 2.23. The molecule has 0 saturated heterocycles. The van der Waals surface area contributed by atoms with Crippen molar-refractivity contribution in [1.29, 1.82) is 0 Å². The van der Waals surface area contributed by atoms with Crippen molar-refractivity contribution in [2.45, 2.75) is 149 Å². The fourth-order valence-corrected chi connectivity index (χ4v) is 6.10. The Morgan fingerprint density at radius 3 is 1.61 bits per heavy atom. The summed E-state index contributed by atoms with van der Waals surface area (Å²) in [7, 11) is 0. The standard InChI is InChI=1S/C45H60F2O7/c1-4-6-8-10-11-12-13-14-15-16-17-18-19-21-31-51-42-30-25-36(32-41(42)47)44(49)53-37-26-23-35(24-27-37)43(48)54-38-28-29-39(40(46)33-38)45(50)52-34(3)22-20-9-7-5-2/h23-30,32-34H,4-22,31H2,1-3H3. The van der Waals surface area contributed by atoms with Gasteiger partial charge in [-0.25, -0.2) is 23.2 Å². The first-order valence-corrected chi connectivity index (χ1v) is 20.2.